The second-order valence-corrected chi connectivity index (χ2v) is 8.89. The first-order chi connectivity index (χ1) is 14.8. The Labute approximate surface area is 190 Å². The molecule has 0 heterocycles. The van der Waals surface area contributed by atoms with E-state index in [0.29, 0.717) is 29.2 Å². The Morgan fingerprint density at radius 1 is 1.16 bits per heavy atom. The van der Waals surface area contributed by atoms with E-state index in [9.17, 15) is 4.79 Å². The van der Waals surface area contributed by atoms with E-state index >= 15 is 0 Å². The molecular weight excluding hydrogens is 388 g/mol. The number of rotatable bonds is 8. The molecule has 1 saturated carbocycles. The number of carbonyl (C=O) groups excluding carboxylic acids is 1. The molecule has 31 heavy (non-hydrogen) atoms. The summed E-state index contributed by atoms with van der Waals surface area (Å²) in [4.78, 5) is 12.7. The maximum Gasteiger partial charge on any atom is 0.298 e. The average Bonchev–Trinajstić information content (AvgIpc) is 2.74. The van der Waals surface area contributed by atoms with Crippen molar-refractivity contribution in [1.82, 2.24) is 0 Å². The van der Waals surface area contributed by atoms with Crippen LogP contribution in [0.1, 0.15) is 98.0 Å². The fourth-order valence-corrected chi connectivity index (χ4v) is 3.92. The summed E-state index contributed by atoms with van der Waals surface area (Å²) in [6.07, 6.45) is 11.6. The molecule has 0 bridgehead atoms. The van der Waals surface area contributed by atoms with Gasteiger partial charge in [0.05, 0.1) is 17.3 Å². The van der Waals surface area contributed by atoms with Gasteiger partial charge in [0.2, 0.25) is 0 Å². The highest BCUT2D eigenvalue weighted by atomic mass is 16.5. The second kappa shape index (κ2) is 16.6. The Morgan fingerprint density at radius 2 is 1.71 bits per heavy atom. The number of aliphatic hydroxyl groups is 1. The Balaban J connectivity index is 0.000000671. The van der Waals surface area contributed by atoms with Gasteiger partial charge in [0.25, 0.3) is 6.47 Å². The third-order valence-electron chi connectivity index (χ3n) is 5.64. The summed E-state index contributed by atoms with van der Waals surface area (Å²) in [6, 6.07) is 7.61. The van der Waals surface area contributed by atoms with Crippen LogP contribution in [0.4, 0.5) is 5.69 Å². The SMILES string of the molecule is CC1(C)CCCCC1.CCCC(CCC)N(C)c1cc(C#N)ccc1OC=O.CCO. The standard InChI is InChI=1S/C16H22N2O2.C8H16.C2H6O/c1-4-6-14(7-5-2)18(3)15-10-13(11-17)8-9-16(15)20-12-19;1-8(2)6-4-3-5-7-8;1-2-3/h8-10,12,14H,4-7H2,1-3H3;3-7H2,1-2H3;3H,2H2,1H3. The quantitative estimate of drug-likeness (QED) is 0.476. The van der Waals surface area contributed by atoms with Crippen LogP contribution in [0.2, 0.25) is 0 Å². The lowest BCUT2D eigenvalue weighted by atomic mass is 9.78. The monoisotopic (exact) mass is 432 g/mol. The van der Waals surface area contributed by atoms with Gasteiger partial charge in [-0.05, 0) is 56.2 Å². The number of hydrogen-bond acceptors (Lipinski definition) is 5. The second-order valence-electron chi connectivity index (χ2n) is 8.89. The molecule has 0 atom stereocenters. The van der Waals surface area contributed by atoms with E-state index in [-0.39, 0.29) is 6.61 Å². The Hall–Kier alpha value is -2.06. The predicted octanol–water partition coefficient (Wildman–Crippen LogP) is 6.47. The highest BCUT2D eigenvalue weighted by Gasteiger charge is 2.20. The van der Waals surface area contributed by atoms with Gasteiger partial charge in [-0.25, -0.2) is 0 Å². The normalized spacial score (nSPS) is 14.3. The van der Waals surface area contributed by atoms with Crippen molar-refractivity contribution >= 4 is 12.2 Å². The van der Waals surface area contributed by atoms with Crippen LogP contribution in [-0.2, 0) is 4.79 Å². The molecule has 2 rings (SSSR count). The summed E-state index contributed by atoms with van der Waals surface area (Å²) in [5, 5.41) is 16.6. The molecule has 1 aromatic carbocycles. The van der Waals surface area contributed by atoms with Crippen LogP contribution < -0.4 is 9.64 Å². The molecule has 1 aliphatic rings. The summed E-state index contributed by atoms with van der Waals surface area (Å²) >= 11 is 0. The molecule has 0 aromatic heterocycles. The first-order valence-corrected chi connectivity index (χ1v) is 11.8. The number of hydrogen-bond donors (Lipinski definition) is 1. The molecule has 1 aliphatic carbocycles. The minimum atomic E-state index is 0.250. The topological polar surface area (TPSA) is 73.6 Å². The molecule has 0 spiro atoms. The minimum absolute atomic E-state index is 0.250. The van der Waals surface area contributed by atoms with E-state index in [2.05, 4.69) is 38.7 Å². The zero-order valence-electron chi connectivity index (χ0n) is 20.6. The number of aliphatic hydroxyl groups excluding tert-OH is 1. The van der Waals surface area contributed by atoms with Crippen molar-refractivity contribution in [2.45, 2.75) is 98.4 Å². The van der Waals surface area contributed by atoms with Gasteiger partial charge in [-0.3, -0.25) is 4.79 Å². The van der Waals surface area contributed by atoms with Crippen LogP contribution in [0.15, 0.2) is 18.2 Å². The lowest BCUT2D eigenvalue weighted by molar-refractivity contribution is -0.120. The molecule has 1 fully saturated rings. The van der Waals surface area contributed by atoms with E-state index in [1.807, 2.05) is 7.05 Å². The van der Waals surface area contributed by atoms with Crippen molar-refractivity contribution in [3.8, 4) is 11.8 Å². The minimum Gasteiger partial charge on any atom is -0.427 e. The lowest BCUT2D eigenvalue weighted by Gasteiger charge is -2.31. The fraction of sp³-hybridized carbons (Fsp3) is 0.692. The van der Waals surface area contributed by atoms with E-state index < -0.39 is 0 Å². The molecular formula is C26H44N2O3. The smallest absolute Gasteiger partial charge is 0.298 e. The highest BCUT2D eigenvalue weighted by molar-refractivity contribution is 5.65. The first-order valence-electron chi connectivity index (χ1n) is 11.8. The third kappa shape index (κ3) is 11.8. The van der Waals surface area contributed by atoms with Gasteiger partial charge >= 0.3 is 0 Å². The van der Waals surface area contributed by atoms with Crippen LogP contribution in [0.3, 0.4) is 0 Å². The summed E-state index contributed by atoms with van der Waals surface area (Å²) < 4.78 is 5.03. The third-order valence-corrected chi connectivity index (χ3v) is 5.64. The number of ether oxygens (including phenoxy) is 1. The van der Waals surface area contributed by atoms with Gasteiger partial charge in [-0.15, -0.1) is 0 Å². The summed E-state index contributed by atoms with van der Waals surface area (Å²) in [7, 11) is 1.99. The molecule has 0 unspecified atom stereocenters. The fourth-order valence-electron chi connectivity index (χ4n) is 3.92. The Morgan fingerprint density at radius 3 is 2.10 bits per heavy atom. The lowest BCUT2D eigenvalue weighted by Crippen LogP contribution is -2.31. The Bertz CT molecular complexity index is 639. The van der Waals surface area contributed by atoms with Crippen LogP contribution in [0.5, 0.6) is 5.75 Å². The van der Waals surface area contributed by atoms with Crippen LogP contribution in [-0.4, -0.2) is 31.3 Å². The predicted molar refractivity (Wildman–Crippen MR) is 129 cm³/mol. The van der Waals surface area contributed by atoms with Crippen LogP contribution in [0, 0.1) is 16.7 Å². The summed E-state index contributed by atoms with van der Waals surface area (Å²) in [6.45, 7) is 11.4. The maximum atomic E-state index is 10.6. The molecule has 0 aliphatic heterocycles. The summed E-state index contributed by atoms with van der Waals surface area (Å²) in [5.74, 6) is 0.499. The molecule has 0 radical (unpaired) electrons. The van der Waals surface area contributed by atoms with Gasteiger partial charge < -0.3 is 14.7 Å². The van der Waals surface area contributed by atoms with Crippen molar-refractivity contribution in [2.75, 3.05) is 18.6 Å². The highest BCUT2D eigenvalue weighted by Crippen LogP contribution is 2.34. The van der Waals surface area contributed by atoms with Crippen molar-refractivity contribution in [1.29, 1.82) is 5.26 Å². The Kier molecular flexibility index (Phi) is 15.5. The number of nitrogens with zero attached hydrogens (tertiary/aromatic N) is 2. The first kappa shape index (κ1) is 28.9. The number of anilines is 1. The largest absolute Gasteiger partial charge is 0.427 e. The zero-order valence-corrected chi connectivity index (χ0v) is 20.6. The molecule has 0 amide bonds. The average molecular weight is 433 g/mol. The van der Waals surface area contributed by atoms with E-state index in [1.165, 1.54) is 32.1 Å². The zero-order chi connectivity index (χ0) is 23.7. The molecule has 1 aromatic rings. The van der Waals surface area contributed by atoms with Crippen LogP contribution >= 0.6 is 0 Å². The van der Waals surface area contributed by atoms with Gasteiger partial charge in [-0.2, -0.15) is 5.26 Å². The van der Waals surface area contributed by atoms with Crippen LogP contribution in [0.25, 0.3) is 0 Å². The van der Waals surface area contributed by atoms with E-state index in [0.717, 1.165) is 31.4 Å². The molecule has 176 valence electrons. The maximum absolute atomic E-state index is 10.6. The molecule has 1 N–H and O–H groups in total. The van der Waals surface area contributed by atoms with Crippen molar-refractivity contribution in [2.24, 2.45) is 5.41 Å². The van der Waals surface area contributed by atoms with Gasteiger partial charge in [0, 0.05) is 19.7 Å². The summed E-state index contributed by atoms with van der Waals surface area (Å²) in [5.41, 5.74) is 2.04. The van der Waals surface area contributed by atoms with Crippen molar-refractivity contribution in [3.63, 3.8) is 0 Å². The van der Waals surface area contributed by atoms with E-state index in [4.69, 9.17) is 15.1 Å². The van der Waals surface area contributed by atoms with Gasteiger partial charge in [0.1, 0.15) is 0 Å². The van der Waals surface area contributed by atoms with E-state index in [1.54, 1.807) is 25.1 Å². The van der Waals surface area contributed by atoms with Crippen molar-refractivity contribution in [3.05, 3.63) is 23.8 Å². The molecule has 0 saturated heterocycles. The van der Waals surface area contributed by atoms with Crippen molar-refractivity contribution < 1.29 is 14.6 Å². The molecule has 5 heteroatoms. The number of benzene rings is 1. The van der Waals surface area contributed by atoms with Gasteiger partial charge in [0.15, 0.2) is 5.75 Å². The molecule has 5 nitrogen and oxygen atoms in total. The number of nitriles is 1. The number of carbonyl (C=O) groups is 1. The van der Waals surface area contributed by atoms with Gasteiger partial charge in [-0.1, -0.05) is 59.8 Å².